The van der Waals surface area contributed by atoms with Gasteiger partial charge in [0.15, 0.2) is 5.16 Å². The van der Waals surface area contributed by atoms with Crippen molar-refractivity contribution >= 4 is 33.3 Å². The number of hydrogen-bond acceptors (Lipinski definition) is 6. The minimum Gasteiger partial charge on any atom is -0.309 e. The Bertz CT molecular complexity index is 1160. The molecule has 0 spiro atoms. The lowest BCUT2D eigenvalue weighted by molar-refractivity contribution is 0.748. The van der Waals surface area contributed by atoms with E-state index in [4.69, 9.17) is 0 Å². The molecule has 3 heterocycles. The van der Waals surface area contributed by atoms with Crippen LogP contribution in [0.2, 0.25) is 0 Å². The minimum absolute atomic E-state index is 0.0693. The van der Waals surface area contributed by atoms with Crippen molar-refractivity contribution in [1.82, 2.24) is 24.7 Å². The summed E-state index contributed by atoms with van der Waals surface area (Å²) < 4.78 is 1.99. The Morgan fingerprint density at radius 3 is 2.74 bits per heavy atom. The van der Waals surface area contributed by atoms with Crippen LogP contribution in [0.3, 0.4) is 0 Å². The second-order valence-corrected chi connectivity index (χ2v) is 8.53. The lowest BCUT2D eigenvalue weighted by atomic mass is 10.1. The maximum Gasteiger partial charge on any atom is 0.259 e. The molecule has 0 fully saturated rings. The smallest absolute Gasteiger partial charge is 0.259 e. The third-order valence-corrected chi connectivity index (χ3v) is 6.69. The van der Waals surface area contributed by atoms with Crippen molar-refractivity contribution < 1.29 is 0 Å². The first-order chi connectivity index (χ1) is 13.0. The van der Waals surface area contributed by atoms with Crippen LogP contribution in [-0.4, -0.2) is 24.7 Å². The van der Waals surface area contributed by atoms with Gasteiger partial charge in [-0.25, -0.2) is 4.98 Å². The molecule has 0 aliphatic heterocycles. The molecule has 8 heteroatoms. The molecule has 0 radical (unpaired) electrons. The predicted octanol–water partition coefficient (Wildman–Crippen LogP) is 3.61. The van der Waals surface area contributed by atoms with Gasteiger partial charge in [0, 0.05) is 18.3 Å². The quantitative estimate of drug-likeness (QED) is 0.521. The molecule has 0 aliphatic carbocycles. The zero-order chi connectivity index (χ0) is 19.0. The number of benzene rings is 1. The molecule has 3 aromatic heterocycles. The zero-order valence-electron chi connectivity index (χ0n) is 15.3. The van der Waals surface area contributed by atoms with Gasteiger partial charge in [-0.15, -0.1) is 21.5 Å². The monoisotopic (exact) mass is 397 g/mol. The van der Waals surface area contributed by atoms with Gasteiger partial charge in [0.05, 0.1) is 11.1 Å². The van der Waals surface area contributed by atoms with Gasteiger partial charge < -0.3 is 9.55 Å². The van der Waals surface area contributed by atoms with Crippen molar-refractivity contribution in [3.05, 3.63) is 68.3 Å². The molecule has 0 saturated heterocycles. The molecule has 4 aromatic rings. The fraction of sp³-hybridized carbons (Fsp3) is 0.263. The van der Waals surface area contributed by atoms with E-state index < -0.39 is 0 Å². The number of nitrogens with zero attached hydrogens (tertiary/aromatic N) is 4. The highest BCUT2D eigenvalue weighted by atomic mass is 32.2. The van der Waals surface area contributed by atoms with Crippen molar-refractivity contribution in [2.24, 2.45) is 7.05 Å². The number of thioether (sulfide) groups is 1. The van der Waals surface area contributed by atoms with Gasteiger partial charge in [-0.05, 0) is 25.0 Å². The second-order valence-electron chi connectivity index (χ2n) is 6.38. The first-order valence-corrected chi connectivity index (χ1v) is 10.4. The van der Waals surface area contributed by atoms with Crippen LogP contribution in [0.5, 0.6) is 0 Å². The van der Waals surface area contributed by atoms with Gasteiger partial charge in [0.2, 0.25) is 0 Å². The van der Waals surface area contributed by atoms with Gasteiger partial charge in [0.1, 0.15) is 16.5 Å². The third kappa shape index (κ3) is 3.54. The average molecular weight is 398 g/mol. The Morgan fingerprint density at radius 1 is 1.19 bits per heavy atom. The molecule has 1 N–H and O–H groups in total. The van der Waals surface area contributed by atoms with E-state index in [0.717, 1.165) is 32.7 Å². The summed E-state index contributed by atoms with van der Waals surface area (Å²) in [5.41, 5.74) is 2.14. The van der Waals surface area contributed by atoms with Gasteiger partial charge in [-0.1, -0.05) is 42.1 Å². The van der Waals surface area contributed by atoms with Crippen LogP contribution in [0.15, 0.2) is 40.3 Å². The number of aromatic nitrogens is 5. The fourth-order valence-corrected chi connectivity index (χ4v) is 4.75. The lowest BCUT2D eigenvalue weighted by Crippen LogP contribution is -2.11. The van der Waals surface area contributed by atoms with Crippen molar-refractivity contribution in [2.45, 2.75) is 31.2 Å². The van der Waals surface area contributed by atoms with E-state index >= 15 is 0 Å². The van der Waals surface area contributed by atoms with Crippen LogP contribution in [0, 0.1) is 13.8 Å². The number of H-pyrrole nitrogens is 1. The van der Waals surface area contributed by atoms with Gasteiger partial charge in [-0.2, -0.15) is 0 Å². The van der Waals surface area contributed by atoms with Crippen molar-refractivity contribution in [2.75, 3.05) is 0 Å². The van der Waals surface area contributed by atoms with Gasteiger partial charge in [0.25, 0.3) is 5.56 Å². The topological polar surface area (TPSA) is 76.5 Å². The normalized spacial score (nSPS) is 11.4. The van der Waals surface area contributed by atoms with E-state index in [9.17, 15) is 4.79 Å². The van der Waals surface area contributed by atoms with Crippen LogP contribution < -0.4 is 5.56 Å². The van der Waals surface area contributed by atoms with Crippen molar-refractivity contribution in [1.29, 1.82) is 0 Å². The summed E-state index contributed by atoms with van der Waals surface area (Å²) in [6, 6.07) is 10.2. The van der Waals surface area contributed by atoms with Crippen LogP contribution in [0.1, 0.15) is 27.7 Å². The summed E-state index contributed by atoms with van der Waals surface area (Å²) >= 11 is 3.08. The van der Waals surface area contributed by atoms with Gasteiger partial charge >= 0.3 is 0 Å². The van der Waals surface area contributed by atoms with E-state index in [1.54, 1.807) is 11.3 Å². The van der Waals surface area contributed by atoms with Gasteiger partial charge in [-0.3, -0.25) is 4.79 Å². The highest BCUT2D eigenvalue weighted by molar-refractivity contribution is 7.98. The average Bonchev–Trinajstić information content (AvgIpc) is 3.14. The Morgan fingerprint density at radius 2 is 1.96 bits per heavy atom. The summed E-state index contributed by atoms with van der Waals surface area (Å²) in [5, 5.41) is 10.1. The Labute approximate surface area is 164 Å². The first kappa shape index (κ1) is 17.9. The van der Waals surface area contributed by atoms with Crippen LogP contribution in [-0.2, 0) is 19.2 Å². The predicted molar refractivity (Wildman–Crippen MR) is 110 cm³/mol. The lowest BCUT2D eigenvalue weighted by Gasteiger charge is -2.04. The maximum absolute atomic E-state index is 12.4. The third-order valence-electron chi connectivity index (χ3n) is 4.56. The molecule has 0 bridgehead atoms. The van der Waals surface area contributed by atoms with E-state index in [2.05, 4.69) is 32.3 Å². The van der Waals surface area contributed by atoms with Crippen LogP contribution in [0.4, 0.5) is 0 Å². The SMILES string of the molecule is Cc1sc2nc(CSc3nnc(Cc4ccccc4)n3C)[nH]c(=O)c2c1C. The molecular formula is C19H19N5OS2. The molecule has 0 saturated carbocycles. The van der Waals surface area contributed by atoms with Crippen molar-refractivity contribution in [3.63, 3.8) is 0 Å². The number of nitrogens with one attached hydrogen (secondary N) is 1. The largest absolute Gasteiger partial charge is 0.309 e. The molecule has 4 rings (SSSR count). The number of rotatable bonds is 5. The summed E-state index contributed by atoms with van der Waals surface area (Å²) in [4.78, 5) is 21.8. The van der Waals surface area contributed by atoms with E-state index in [1.165, 1.54) is 17.3 Å². The van der Waals surface area contributed by atoms with Crippen LogP contribution in [0.25, 0.3) is 10.2 Å². The van der Waals surface area contributed by atoms with Crippen LogP contribution >= 0.6 is 23.1 Å². The number of thiophene rings is 1. The highest BCUT2D eigenvalue weighted by Gasteiger charge is 2.14. The molecule has 27 heavy (non-hydrogen) atoms. The molecule has 138 valence electrons. The highest BCUT2D eigenvalue weighted by Crippen LogP contribution is 2.27. The van der Waals surface area contributed by atoms with E-state index in [1.807, 2.05) is 43.7 Å². The molecule has 6 nitrogen and oxygen atoms in total. The minimum atomic E-state index is -0.0693. The van der Waals surface area contributed by atoms with E-state index in [0.29, 0.717) is 17.0 Å². The number of aryl methyl sites for hydroxylation is 2. The molecule has 0 unspecified atom stereocenters. The molecular weight excluding hydrogens is 378 g/mol. The summed E-state index contributed by atoms with van der Waals surface area (Å²) in [5.74, 6) is 2.11. The summed E-state index contributed by atoms with van der Waals surface area (Å²) in [6.07, 6.45) is 0.736. The molecule has 0 aliphatic rings. The Kier molecular flexibility index (Phi) is 4.84. The Hall–Kier alpha value is -2.45. The number of fused-ring (bicyclic) bond motifs is 1. The first-order valence-electron chi connectivity index (χ1n) is 8.57. The number of hydrogen-bond donors (Lipinski definition) is 1. The molecule has 1 aromatic carbocycles. The second kappa shape index (κ2) is 7.28. The number of aromatic amines is 1. The molecule has 0 atom stereocenters. The maximum atomic E-state index is 12.4. The summed E-state index contributed by atoms with van der Waals surface area (Å²) in [7, 11) is 1.96. The molecule has 0 amide bonds. The fourth-order valence-electron chi connectivity index (χ4n) is 2.90. The zero-order valence-corrected chi connectivity index (χ0v) is 16.9. The standard InChI is InChI=1S/C19H19N5OS2/c1-11-12(2)27-18-16(11)17(25)20-14(21-18)10-26-19-23-22-15(24(19)3)9-13-7-5-4-6-8-13/h4-8H,9-10H2,1-3H3,(H,20,21,25). The Balaban J connectivity index is 1.52. The van der Waals surface area contributed by atoms with Crippen molar-refractivity contribution in [3.8, 4) is 0 Å². The van der Waals surface area contributed by atoms with E-state index in [-0.39, 0.29) is 5.56 Å². The summed E-state index contributed by atoms with van der Waals surface area (Å²) in [6.45, 7) is 3.98.